The van der Waals surface area contributed by atoms with Gasteiger partial charge in [-0.2, -0.15) is 18.4 Å². The first-order valence-corrected chi connectivity index (χ1v) is 25.5. The van der Waals surface area contributed by atoms with Crippen LogP contribution in [0.3, 0.4) is 0 Å². The third-order valence-electron chi connectivity index (χ3n) is 12.8. The highest BCUT2D eigenvalue weighted by Crippen LogP contribution is 2.42. The number of alkyl halides is 3. The Morgan fingerprint density at radius 2 is 1.64 bits per heavy atom. The molecule has 400 valence electrons. The molecule has 2 N–H and O–H groups in total. The number of carbonyl (C=O) groups is 5. The van der Waals surface area contributed by atoms with Crippen molar-refractivity contribution in [1.29, 1.82) is 5.26 Å². The number of aromatic nitrogens is 2. The van der Waals surface area contributed by atoms with Gasteiger partial charge in [0.05, 0.1) is 64.1 Å². The van der Waals surface area contributed by atoms with Gasteiger partial charge in [-0.3, -0.25) is 33.9 Å². The maximum atomic E-state index is 15.4. The highest BCUT2D eigenvalue weighted by Gasteiger charge is 2.52. The first-order valence-electron chi connectivity index (χ1n) is 24.2. The Balaban J connectivity index is 0.865. The quantitative estimate of drug-likeness (QED) is 0.0366. The summed E-state index contributed by atoms with van der Waals surface area (Å²) < 4.78 is 73.9. The monoisotopic (exact) mass is 1080 g/mol. The highest BCUT2D eigenvalue weighted by molar-refractivity contribution is 7.81. The van der Waals surface area contributed by atoms with E-state index >= 15 is 4.39 Å². The van der Waals surface area contributed by atoms with E-state index in [1.165, 1.54) is 42.8 Å². The molecule has 5 aromatic rings. The van der Waals surface area contributed by atoms with Gasteiger partial charge in [0.1, 0.15) is 41.6 Å². The van der Waals surface area contributed by atoms with E-state index in [0.29, 0.717) is 41.5 Å². The second-order valence-electron chi connectivity index (χ2n) is 19.8. The van der Waals surface area contributed by atoms with Crippen LogP contribution < -0.4 is 25.2 Å². The zero-order valence-corrected chi connectivity index (χ0v) is 44.4. The summed E-state index contributed by atoms with van der Waals surface area (Å²) in [5.41, 5.74) is 0.518. The summed E-state index contributed by atoms with van der Waals surface area (Å²) in [6, 6.07) is 19.2. The average Bonchev–Trinajstić information content (AvgIpc) is 4.09. The van der Waals surface area contributed by atoms with Crippen molar-refractivity contribution in [2.24, 2.45) is 5.41 Å². The number of carbonyl (C=O) groups excluding carboxylic acids is 5. The number of nitriles is 1. The molecule has 0 radical (unpaired) electrons. The van der Waals surface area contributed by atoms with Gasteiger partial charge in [0.15, 0.2) is 10.9 Å². The summed E-state index contributed by atoms with van der Waals surface area (Å²) in [5, 5.41) is 14.7. The molecular formula is C54H56F4N8O8S2. The number of halogens is 4. The molecule has 3 aromatic carbocycles. The van der Waals surface area contributed by atoms with Crippen LogP contribution in [0.5, 0.6) is 5.75 Å². The molecule has 22 heteroatoms. The number of hydrogen-bond donors (Lipinski definition) is 2. The van der Waals surface area contributed by atoms with Crippen molar-refractivity contribution in [3.8, 4) is 33.5 Å². The molecule has 2 saturated heterocycles. The lowest BCUT2D eigenvalue weighted by molar-refractivity contribution is -0.147. The molecule has 0 unspecified atom stereocenters. The lowest BCUT2D eigenvalue weighted by Crippen LogP contribution is -2.58. The van der Waals surface area contributed by atoms with Crippen molar-refractivity contribution in [1.82, 2.24) is 25.5 Å². The molecule has 2 aromatic heterocycles. The fourth-order valence-electron chi connectivity index (χ4n) is 8.91. The van der Waals surface area contributed by atoms with Crippen LogP contribution in [0.25, 0.3) is 21.7 Å². The lowest BCUT2D eigenvalue weighted by atomic mass is 9.85. The fraction of sp³-hybridized carbons (Fsp3) is 0.389. The summed E-state index contributed by atoms with van der Waals surface area (Å²) in [6.07, 6.45) is -3.23. The molecule has 2 aliphatic heterocycles. The van der Waals surface area contributed by atoms with Gasteiger partial charge in [0.25, 0.3) is 5.91 Å². The minimum absolute atomic E-state index is 0.0194. The molecule has 4 heterocycles. The van der Waals surface area contributed by atoms with Gasteiger partial charge >= 0.3 is 12.1 Å². The van der Waals surface area contributed by atoms with E-state index in [4.69, 9.17) is 26.4 Å². The molecule has 0 spiro atoms. The van der Waals surface area contributed by atoms with Gasteiger partial charge in [-0.15, -0.1) is 11.3 Å². The predicted molar refractivity (Wildman–Crippen MR) is 279 cm³/mol. The Morgan fingerprint density at radius 1 is 0.961 bits per heavy atom. The standard InChI is InChI=1S/C54H56F4N8O8S2/c1-31-46(76-30-62-31)35-12-10-33(11-13-35)26-61-48(69)42-24-39(74-32(2)67)28-64(42)49(70)47(52(3,4)5)63-43(68)29-72-22-8-9-23-73-38-18-14-34(15-19-38)40-20-17-37(27-60-40)66-51(75)65(50(71)53(66,6)7)41-21-16-36(25-59)44(45(41)55)54(56,57)58/h10-21,27,30,39,42,47H,8-9,22-24,26,28-29H2,1-7H3,(H,61,69)(H,63,68)/t39-,42+,47-/m1/s1. The number of benzene rings is 3. The number of thiazole rings is 1. The van der Waals surface area contributed by atoms with Crippen LogP contribution in [-0.4, -0.2) is 99.7 Å². The van der Waals surface area contributed by atoms with E-state index in [0.717, 1.165) is 39.4 Å². The number of nitrogens with zero attached hydrogens (tertiary/aromatic N) is 6. The van der Waals surface area contributed by atoms with Gasteiger partial charge < -0.3 is 34.6 Å². The predicted octanol–water partition coefficient (Wildman–Crippen LogP) is 8.68. The van der Waals surface area contributed by atoms with Crippen molar-refractivity contribution in [2.75, 3.05) is 36.2 Å². The summed E-state index contributed by atoms with van der Waals surface area (Å²) in [4.78, 5) is 80.0. The SMILES string of the molecule is CC(=O)O[C@@H]1C[C@@H](C(=O)NCc2ccc(-c3scnc3C)cc2)N(C(=O)[C@@H](NC(=O)COCCCCOc2ccc(-c3ccc(N4C(=S)N(c5ccc(C#N)c(C(F)(F)F)c5F)C(=O)C4(C)C)cn3)cc2)C(C)(C)C)C1. The average molecular weight is 1090 g/mol. The number of anilines is 2. The van der Waals surface area contributed by atoms with Crippen LogP contribution in [0.4, 0.5) is 28.9 Å². The molecule has 76 heavy (non-hydrogen) atoms. The van der Waals surface area contributed by atoms with Crippen LogP contribution in [0.15, 0.2) is 84.5 Å². The van der Waals surface area contributed by atoms with Gasteiger partial charge in [-0.25, -0.2) is 9.37 Å². The molecular weight excluding hydrogens is 1030 g/mol. The summed E-state index contributed by atoms with van der Waals surface area (Å²) in [5.74, 6) is -3.95. The molecule has 0 aliphatic carbocycles. The minimum atomic E-state index is -5.20. The van der Waals surface area contributed by atoms with Gasteiger partial charge in [-0.1, -0.05) is 45.0 Å². The third-order valence-corrected chi connectivity index (χ3v) is 14.1. The van der Waals surface area contributed by atoms with E-state index in [1.807, 2.05) is 31.2 Å². The van der Waals surface area contributed by atoms with E-state index in [1.54, 1.807) is 74.0 Å². The largest absolute Gasteiger partial charge is 0.494 e. The lowest BCUT2D eigenvalue weighted by Gasteiger charge is -2.35. The number of amides is 4. The van der Waals surface area contributed by atoms with Crippen LogP contribution in [0.2, 0.25) is 0 Å². The number of thiocarbonyl (C=S) groups is 1. The molecule has 16 nitrogen and oxygen atoms in total. The van der Waals surface area contributed by atoms with Crippen LogP contribution in [-0.2, 0) is 46.2 Å². The van der Waals surface area contributed by atoms with Crippen molar-refractivity contribution in [3.05, 3.63) is 113 Å². The van der Waals surface area contributed by atoms with E-state index in [9.17, 15) is 42.4 Å². The molecule has 2 aliphatic rings. The van der Waals surface area contributed by atoms with Crippen molar-refractivity contribution in [3.63, 3.8) is 0 Å². The molecule has 2 fully saturated rings. The number of ether oxygens (including phenoxy) is 3. The Kier molecular flexibility index (Phi) is 17.3. The van der Waals surface area contributed by atoms with Gasteiger partial charge in [0.2, 0.25) is 17.7 Å². The number of hydrogen-bond acceptors (Lipinski definition) is 13. The van der Waals surface area contributed by atoms with Crippen LogP contribution in [0, 0.1) is 29.5 Å². The fourth-order valence-corrected chi connectivity index (χ4v) is 10.2. The van der Waals surface area contributed by atoms with Crippen molar-refractivity contribution >= 4 is 69.6 Å². The zero-order valence-electron chi connectivity index (χ0n) is 42.7. The number of nitrogens with one attached hydrogen (secondary N) is 2. The van der Waals surface area contributed by atoms with Gasteiger partial charge in [-0.05, 0) is 111 Å². The normalized spacial score (nSPS) is 16.8. The summed E-state index contributed by atoms with van der Waals surface area (Å²) >= 11 is 7.09. The second kappa shape index (κ2) is 23.3. The maximum Gasteiger partial charge on any atom is 0.420 e. The number of aryl methyl sites for hydroxylation is 1. The van der Waals surface area contributed by atoms with Gasteiger partial charge in [0, 0.05) is 32.1 Å². The van der Waals surface area contributed by atoms with Crippen LogP contribution >= 0.6 is 23.6 Å². The maximum absolute atomic E-state index is 15.4. The zero-order chi connectivity index (χ0) is 55.3. The first kappa shape index (κ1) is 56.4. The van der Waals surface area contributed by atoms with E-state index in [-0.39, 0.29) is 37.8 Å². The number of unbranched alkanes of at least 4 members (excludes halogenated alkanes) is 1. The van der Waals surface area contributed by atoms with E-state index in [2.05, 4.69) is 20.6 Å². The second-order valence-corrected chi connectivity index (χ2v) is 21.0. The topological polar surface area (TPSA) is 196 Å². The third kappa shape index (κ3) is 12.7. The summed E-state index contributed by atoms with van der Waals surface area (Å²) in [7, 11) is 0. The number of likely N-dealkylation sites (tertiary alicyclic amines) is 1. The number of pyridine rings is 1. The molecule has 4 amide bonds. The molecule has 0 saturated carbocycles. The Bertz CT molecular complexity index is 3030. The first-order chi connectivity index (χ1) is 35.9. The molecule has 0 bridgehead atoms. The Labute approximate surface area is 446 Å². The summed E-state index contributed by atoms with van der Waals surface area (Å²) in [6.45, 7) is 12.0. The Hall–Kier alpha value is -7.35. The molecule has 3 atom stereocenters. The molecule has 7 rings (SSSR count). The van der Waals surface area contributed by atoms with Crippen molar-refractivity contribution < 1.29 is 55.7 Å². The highest BCUT2D eigenvalue weighted by atomic mass is 32.1. The van der Waals surface area contributed by atoms with Crippen molar-refractivity contribution in [2.45, 2.75) is 104 Å². The van der Waals surface area contributed by atoms with E-state index < -0.39 is 87.5 Å². The number of rotatable bonds is 18. The minimum Gasteiger partial charge on any atom is -0.494 e. The smallest absolute Gasteiger partial charge is 0.420 e. The number of esters is 1. The van der Waals surface area contributed by atoms with Crippen LogP contribution in [0.1, 0.15) is 83.2 Å². The Morgan fingerprint density at radius 3 is 2.25 bits per heavy atom.